The average molecular weight is 271 g/mol. The van der Waals surface area contributed by atoms with Gasteiger partial charge in [-0.15, -0.1) is 0 Å². The molecule has 2 rings (SSSR count). The number of H-pyrrole nitrogens is 1. The molecule has 0 saturated carbocycles. The van der Waals surface area contributed by atoms with Gasteiger partial charge in [0.25, 0.3) is 0 Å². The summed E-state index contributed by atoms with van der Waals surface area (Å²) in [5.41, 5.74) is 5.58. The lowest BCUT2D eigenvalue weighted by molar-refractivity contribution is 0.0164. The topological polar surface area (TPSA) is 112 Å². The predicted octanol–water partition coefficient (Wildman–Crippen LogP) is -0.649. The van der Waals surface area contributed by atoms with Crippen LogP contribution in [0.25, 0.3) is 0 Å². The molecule has 0 amide bonds. The first-order valence-electron chi connectivity index (χ1n) is 6.17. The van der Waals surface area contributed by atoms with E-state index in [-0.39, 0.29) is 6.10 Å². The zero-order valence-corrected chi connectivity index (χ0v) is 10.8. The zero-order chi connectivity index (χ0) is 14.1. The minimum absolute atomic E-state index is 0.296. The maximum Gasteiger partial charge on any atom is 0.337 e. The second-order valence-electron chi connectivity index (χ2n) is 4.21. The van der Waals surface area contributed by atoms with Crippen molar-refractivity contribution in [2.45, 2.75) is 6.10 Å². The molecular weight excluding hydrogens is 250 g/mol. The smallest absolute Gasteiger partial charge is 0.337 e. The Morgan fingerprint density at radius 3 is 2.63 bits per heavy atom. The monoisotopic (exact) mass is 271 g/mol. The number of hydrogen-bond donors (Lipinski definition) is 4. The van der Waals surface area contributed by atoms with Gasteiger partial charge in [0.2, 0.25) is 0 Å². The SMILES string of the molecule is NCC(O)CN1CCOCC1.O=C(O)c1cc[nH]c1. The van der Waals surface area contributed by atoms with E-state index in [9.17, 15) is 9.90 Å². The van der Waals surface area contributed by atoms with Crippen molar-refractivity contribution in [3.05, 3.63) is 24.0 Å². The maximum atomic E-state index is 10.0. The molecule has 1 saturated heterocycles. The normalized spacial score (nSPS) is 17.4. The Morgan fingerprint density at radius 2 is 2.21 bits per heavy atom. The van der Waals surface area contributed by atoms with Crippen LogP contribution in [0.15, 0.2) is 18.5 Å². The largest absolute Gasteiger partial charge is 0.478 e. The van der Waals surface area contributed by atoms with Gasteiger partial charge in [0.05, 0.1) is 24.9 Å². The number of aromatic nitrogens is 1. The van der Waals surface area contributed by atoms with Crippen LogP contribution in [0.1, 0.15) is 10.4 Å². The van der Waals surface area contributed by atoms with Crippen molar-refractivity contribution in [1.29, 1.82) is 0 Å². The van der Waals surface area contributed by atoms with E-state index < -0.39 is 5.97 Å². The fraction of sp³-hybridized carbons (Fsp3) is 0.583. The van der Waals surface area contributed by atoms with Crippen molar-refractivity contribution in [1.82, 2.24) is 9.88 Å². The number of aliphatic hydroxyl groups excluding tert-OH is 1. The quantitative estimate of drug-likeness (QED) is 0.579. The lowest BCUT2D eigenvalue weighted by Gasteiger charge is -2.27. The first-order chi connectivity index (χ1) is 9.13. The van der Waals surface area contributed by atoms with Crippen molar-refractivity contribution >= 4 is 5.97 Å². The van der Waals surface area contributed by atoms with E-state index in [1.54, 1.807) is 6.20 Å². The van der Waals surface area contributed by atoms with Gasteiger partial charge in [-0.05, 0) is 6.07 Å². The summed E-state index contributed by atoms with van der Waals surface area (Å²) in [6, 6.07) is 1.50. The van der Waals surface area contributed by atoms with Crippen molar-refractivity contribution in [3.63, 3.8) is 0 Å². The summed E-state index contributed by atoms with van der Waals surface area (Å²) in [4.78, 5) is 14.8. The predicted molar refractivity (Wildman–Crippen MR) is 70.1 cm³/mol. The molecule has 1 aliphatic heterocycles. The number of aromatic amines is 1. The van der Waals surface area contributed by atoms with Crippen LogP contribution in [0.4, 0.5) is 0 Å². The average Bonchev–Trinajstić information content (AvgIpc) is 2.94. The van der Waals surface area contributed by atoms with Gasteiger partial charge in [-0.3, -0.25) is 4.90 Å². The highest BCUT2D eigenvalue weighted by Crippen LogP contribution is 1.97. The number of aliphatic hydroxyl groups is 1. The standard InChI is InChI=1S/C7H16N2O2.C5H5NO2/c8-5-7(10)6-9-1-3-11-4-2-9;7-5(8)4-1-2-6-3-4/h7,10H,1-6,8H2;1-3,6H,(H,7,8). The van der Waals surface area contributed by atoms with Crippen LogP contribution in [-0.4, -0.2) is 71.6 Å². The summed E-state index contributed by atoms with van der Waals surface area (Å²) >= 11 is 0. The van der Waals surface area contributed by atoms with E-state index in [1.807, 2.05) is 0 Å². The number of morpholine rings is 1. The van der Waals surface area contributed by atoms with E-state index in [0.717, 1.165) is 26.3 Å². The highest BCUT2D eigenvalue weighted by molar-refractivity contribution is 5.87. The fourth-order valence-corrected chi connectivity index (χ4v) is 1.61. The van der Waals surface area contributed by atoms with Gasteiger partial charge in [-0.25, -0.2) is 4.79 Å². The molecule has 0 aliphatic carbocycles. The van der Waals surface area contributed by atoms with Crippen LogP contribution in [0.3, 0.4) is 0 Å². The molecular formula is C12H21N3O4. The van der Waals surface area contributed by atoms with E-state index in [1.165, 1.54) is 12.3 Å². The van der Waals surface area contributed by atoms with Crippen LogP contribution in [0.2, 0.25) is 0 Å². The molecule has 1 fully saturated rings. The van der Waals surface area contributed by atoms with Gasteiger partial charge in [0, 0.05) is 38.6 Å². The number of carbonyl (C=O) groups is 1. The molecule has 0 bridgehead atoms. The van der Waals surface area contributed by atoms with Gasteiger partial charge in [-0.1, -0.05) is 0 Å². The molecule has 1 unspecified atom stereocenters. The van der Waals surface area contributed by atoms with Gasteiger partial charge >= 0.3 is 5.97 Å². The van der Waals surface area contributed by atoms with E-state index in [2.05, 4.69) is 9.88 Å². The van der Waals surface area contributed by atoms with Gasteiger partial charge in [0.1, 0.15) is 0 Å². The molecule has 1 aromatic heterocycles. The number of nitrogens with two attached hydrogens (primary N) is 1. The van der Waals surface area contributed by atoms with Gasteiger partial charge in [-0.2, -0.15) is 0 Å². The van der Waals surface area contributed by atoms with Crippen LogP contribution in [0, 0.1) is 0 Å². The van der Waals surface area contributed by atoms with Crippen molar-refractivity contribution in [2.75, 3.05) is 39.4 Å². The Labute approximate surface area is 112 Å². The first-order valence-corrected chi connectivity index (χ1v) is 6.17. The number of hydrogen-bond acceptors (Lipinski definition) is 5. The van der Waals surface area contributed by atoms with Crippen LogP contribution in [0.5, 0.6) is 0 Å². The summed E-state index contributed by atoms with van der Waals surface area (Å²) in [5.74, 6) is -0.897. The Morgan fingerprint density at radius 1 is 1.53 bits per heavy atom. The Balaban J connectivity index is 0.000000200. The zero-order valence-electron chi connectivity index (χ0n) is 10.8. The molecule has 0 spiro atoms. The summed E-state index contributed by atoms with van der Waals surface area (Å²) in [7, 11) is 0. The third-order valence-electron chi connectivity index (χ3n) is 2.69. The molecule has 7 heteroatoms. The van der Waals surface area contributed by atoms with Crippen LogP contribution < -0.4 is 5.73 Å². The highest BCUT2D eigenvalue weighted by Gasteiger charge is 2.13. The second kappa shape index (κ2) is 8.65. The molecule has 7 nitrogen and oxygen atoms in total. The van der Waals surface area contributed by atoms with Gasteiger partial charge in [0.15, 0.2) is 0 Å². The molecule has 1 aliphatic rings. The maximum absolute atomic E-state index is 10.0. The number of rotatable bonds is 4. The van der Waals surface area contributed by atoms with E-state index in [4.69, 9.17) is 15.6 Å². The Bertz CT molecular complexity index is 350. The first kappa shape index (κ1) is 15.6. The van der Waals surface area contributed by atoms with Crippen LogP contribution in [-0.2, 0) is 4.74 Å². The van der Waals surface area contributed by atoms with Gasteiger partial charge < -0.3 is 25.7 Å². The summed E-state index contributed by atoms with van der Waals surface area (Å²) in [6.45, 7) is 4.40. The van der Waals surface area contributed by atoms with Crippen molar-refractivity contribution in [2.24, 2.45) is 5.73 Å². The lowest BCUT2D eigenvalue weighted by atomic mass is 10.3. The number of nitrogens with zero attached hydrogens (tertiary/aromatic N) is 1. The number of nitrogens with one attached hydrogen (secondary N) is 1. The third kappa shape index (κ3) is 6.35. The highest BCUT2D eigenvalue weighted by atomic mass is 16.5. The summed E-state index contributed by atoms with van der Waals surface area (Å²) < 4.78 is 5.16. The van der Waals surface area contributed by atoms with Crippen molar-refractivity contribution in [3.8, 4) is 0 Å². The minimum atomic E-state index is -0.897. The lowest BCUT2D eigenvalue weighted by Crippen LogP contribution is -2.42. The number of carboxylic acids is 1. The molecule has 1 atom stereocenters. The number of carboxylic acid groups (broad SMARTS) is 1. The molecule has 5 N–H and O–H groups in total. The fourth-order valence-electron chi connectivity index (χ4n) is 1.61. The van der Waals surface area contributed by atoms with Crippen LogP contribution >= 0.6 is 0 Å². The van der Waals surface area contributed by atoms with E-state index >= 15 is 0 Å². The third-order valence-corrected chi connectivity index (χ3v) is 2.69. The molecule has 0 aromatic carbocycles. The molecule has 2 heterocycles. The Kier molecular flexibility index (Phi) is 7.12. The molecule has 19 heavy (non-hydrogen) atoms. The van der Waals surface area contributed by atoms with E-state index in [0.29, 0.717) is 18.7 Å². The number of ether oxygens (including phenoxy) is 1. The molecule has 1 aromatic rings. The summed E-state index contributed by atoms with van der Waals surface area (Å²) in [5, 5.41) is 17.5. The van der Waals surface area contributed by atoms with Crippen molar-refractivity contribution < 1.29 is 19.7 Å². The second-order valence-corrected chi connectivity index (χ2v) is 4.21. The Hall–Kier alpha value is -1.41. The molecule has 108 valence electrons. The minimum Gasteiger partial charge on any atom is -0.478 e. The number of aromatic carboxylic acids is 1. The summed E-state index contributed by atoms with van der Waals surface area (Å²) in [6.07, 6.45) is 2.62. The number of β-amino-alcohol motifs (C(OH)–C–C–N with tert-alkyl or cyclic N) is 1. The molecule has 0 radical (unpaired) electrons.